The fourth-order valence-electron chi connectivity index (χ4n) is 1.32. The van der Waals surface area contributed by atoms with E-state index in [0.717, 1.165) is 12.8 Å². The molecule has 3 nitrogen and oxygen atoms in total. The maximum atomic E-state index is 10.4. The second-order valence-corrected chi connectivity index (χ2v) is 3.04. The van der Waals surface area contributed by atoms with Crippen LogP contribution in [-0.4, -0.2) is 16.6 Å². The standard InChI is InChI=1S/C7H13NO2/c1-2-3-5-4-7(5,8)6(9)10/h5H,2-4,8H2,1H3,(H,9,10)/t5-,7-/m1/s1. The molecule has 2 atom stereocenters. The van der Waals surface area contributed by atoms with Gasteiger partial charge in [-0.15, -0.1) is 0 Å². The molecule has 1 aliphatic rings. The Balaban J connectivity index is 2.40. The van der Waals surface area contributed by atoms with Gasteiger partial charge >= 0.3 is 5.97 Å². The molecule has 0 aromatic rings. The maximum Gasteiger partial charge on any atom is 0.323 e. The van der Waals surface area contributed by atoms with Gasteiger partial charge in [0.05, 0.1) is 0 Å². The number of nitrogens with two attached hydrogens (primary N) is 1. The zero-order valence-electron chi connectivity index (χ0n) is 6.13. The Kier molecular flexibility index (Phi) is 1.68. The first kappa shape index (κ1) is 7.54. The van der Waals surface area contributed by atoms with E-state index in [1.165, 1.54) is 0 Å². The summed E-state index contributed by atoms with van der Waals surface area (Å²) in [6, 6.07) is 0. The topological polar surface area (TPSA) is 63.3 Å². The minimum atomic E-state index is -0.865. The first-order valence-corrected chi connectivity index (χ1v) is 3.63. The van der Waals surface area contributed by atoms with Crippen molar-refractivity contribution in [3.8, 4) is 0 Å². The van der Waals surface area contributed by atoms with Crippen molar-refractivity contribution in [2.24, 2.45) is 11.7 Å². The van der Waals surface area contributed by atoms with Crippen LogP contribution in [0.2, 0.25) is 0 Å². The van der Waals surface area contributed by atoms with Gasteiger partial charge in [-0.1, -0.05) is 13.3 Å². The van der Waals surface area contributed by atoms with E-state index in [-0.39, 0.29) is 5.92 Å². The first-order chi connectivity index (χ1) is 4.61. The van der Waals surface area contributed by atoms with Crippen LogP contribution in [0.1, 0.15) is 26.2 Å². The molecule has 0 saturated heterocycles. The van der Waals surface area contributed by atoms with Crippen LogP contribution in [-0.2, 0) is 4.79 Å². The zero-order valence-corrected chi connectivity index (χ0v) is 6.13. The molecule has 10 heavy (non-hydrogen) atoms. The van der Waals surface area contributed by atoms with Gasteiger partial charge in [-0.05, 0) is 18.8 Å². The Morgan fingerprint density at radius 1 is 1.90 bits per heavy atom. The van der Waals surface area contributed by atoms with E-state index in [4.69, 9.17) is 10.8 Å². The average Bonchev–Trinajstić information content (AvgIpc) is 2.45. The van der Waals surface area contributed by atoms with Crippen molar-refractivity contribution < 1.29 is 9.90 Å². The molecular weight excluding hydrogens is 130 g/mol. The largest absolute Gasteiger partial charge is 0.480 e. The Labute approximate surface area is 60.2 Å². The summed E-state index contributed by atoms with van der Waals surface area (Å²) in [5.74, 6) is -0.610. The van der Waals surface area contributed by atoms with Crippen LogP contribution in [0.4, 0.5) is 0 Å². The molecule has 0 spiro atoms. The van der Waals surface area contributed by atoms with Gasteiger partial charge < -0.3 is 10.8 Å². The van der Waals surface area contributed by atoms with Gasteiger partial charge in [0, 0.05) is 0 Å². The normalized spacial score (nSPS) is 37.6. The van der Waals surface area contributed by atoms with E-state index < -0.39 is 11.5 Å². The second-order valence-electron chi connectivity index (χ2n) is 3.04. The van der Waals surface area contributed by atoms with Crippen LogP contribution in [0.25, 0.3) is 0 Å². The van der Waals surface area contributed by atoms with Crippen LogP contribution >= 0.6 is 0 Å². The van der Waals surface area contributed by atoms with Crippen molar-refractivity contribution in [1.29, 1.82) is 0 Å². The number of aliphatic carboxylic acids is 1. The van der Waals surface area contributed by atoms with Gasteiger partial charge in [0.15, 0.2) is 0 Å². The van der Waals surface area contributed by atoms with Crippen molar-refractivity contribution >= 4 is 5.97 Å². The fourth-order valence-corrected chi connectivity index (χ4v) is 1.32. The summed E-state index contributed by atoms with van der Waals surface area (Å²) in [5.41, 5.74) is 4.66. The maximum absolute atomic E-state index is 10.4. The van der Waals surface area contributed by atoms with Crippen LogP contribution in [0.5, 0.6) is 0 Å². The molecule has 0 unspecified atom stereocenters. The van der Waals surface area contributed by atoms with Crippen LogP contribution < -0.4 is 5.73 Å². The Bertz CT molecular complexity index is 158. The van der Waals surface area contributed by atoms with Crippen molar-refractivity contribution in [2.45, 2.75) is 31.7 Å². The molecule has 1 saturated carbocycles. The lowest BCUT2D eigenvalue weighted by Crippen LogP contribution is -2.35. The lowest BCUT2D eigenvalue weighted by molar-refractivity contribution is -0.140. The summed E-state index contributed by atoms with van der Waals surface area (Å²) in [7, 11) is 0. The summed E-state index contributed by atoms with van der Waals surface area (Å²) in [5, 5.41) is 8.58. The number of hydrogen-bond donors (Lipinski definition) is 2. The van der Waals surface area contributed by atoms with Gasteiger partial charge in [0.1, 0.15) is 5.54 Å². The smallest absolute Gasteiger partial charge is 0.323 e. The summed E-state index contributed by atoms with van der Waals surface area (Å²) >= 11 is 0. The summed E-state index contributed by atoms with van der Waals surface area (Å²) in [4.78, 5) is 10.4. The molecule has 1 fully saturated rings. The quantitative estimate of drug-likeness (QED) is 0.607. The van der Waals surface area contributed by atoms with E-state index >= 15 is 0 Å². The molecule has 3 heteroatoms. The van der Waals surface area contributed by atoms with E-state index in [1.807, 2.05) is 6.92 Å². The third-order valence-corrected chi connectivity index (χ3v) is 2.19. The van der Waals surface area contributed by atoms with Crippen molar-refractivity contribution in [2.75, 3.05) is 0 Å². The number of carboxylic acid groups (broad SMARTS) is 1. The second kappa shape index (κ2) is 2.23. The molecule has 58 valence electrons. The molecule has 0 aromatic heterocycles. The SMILES string of the molecule is CCC[C@@H]1C[C@]1(N)C(=O)O. The highest BCUT2D eigenvalue weighted by Gasteiger charge is 2.56. The molecule has 0 amide bonds. The third kappa shape index (κ3) is 1.01. The van der Waals surface area contributed by atoms with Crippen LogP contribution in [0, 0.1) is 5.92 Å². The fraction of sp³-hybridized carbons (Fsp3) is 0.857. The Morgan fingerprint density at radius 3 is 2.80 bits per heavy atom. The molecule has 0 heterocycles. The molecular formula is C7H13NO2. The molecule has 0 aromatic carbocycles. The first-order valence-electron chi connectivity index (χ1n) is 3.63. The van der Waals surface area contributed by atoms with Gasteiger partial charge in [0.25, 0.3) is 0 Å². The van der Waals surface area contributed by atoms with Crippen LogP contribution in [0.15, 0.2) is 0 Å². The van der Waals surface area contributed by atoms with E-state index in [1.54, 1.807) is 0 Å². The van der Waals surface area contributed by atoms with E-state index in [2.05, 4.69) is 0 Å². The lowest BCUT2D eigenvalue weighted by atomic mass is 10.1. The van der Waals surface area contributed by atoms with E-state index in [9.17, 15) is 4.79 Å². The molecule has 1 aliphatic carbocycles. The number of rotatable bonds is 3. The van der Waals surface area contributed by atoms with Crippen molar-refractivity contribution in [1.82, 2.24) is 0 Å². The highest BCUT2D eigenvalue weighted by molar-refractivity contribution is 5.82. The lowest BCUT2D eigenvalue weighted by Gasteiger charge is -2.02. The van der Waals surface area contributed by atoms with Gasteiger partial charge in [-0.2, -0.15) is 0 Å². The third-order valence-electron chi connectivity index (χ3n) is 2.19. The minimum absolute atomic E-state index is 0.231. The monoisotopic (exact) mass is 143 g/mol. The molecule has 0 radical (unpaired) electrons. The highest BCUT2D eigenvalue weighted by Crippen LogP contribution is 2.44. The minimum Gasteiger partial charge on any atom is -0.480 e. The predicted octanol–water partition coefficient (Wildman–Crippen LogP) is 0.588. The number of hydrogen-bond acceptors (Lipinski definition) is 2. The van der Waals surface area contributed by atoms with Crippen LogP contribution in [0.3, 0.4) is 0 Å². The summed E-state index contributed by atoms with van der Waals surface area (Å²) in [6.07, 6.45) is 2.63. The molecule has 1 rings (SSSR count). The summed E-state index contributed by atoms with van der Waals surface area (Å²) in [6.45, 7) is 2.04. The molecule has 0 aliphatic heterocycles. The molecule has 0 bridgehead atoms. The highest BCUT2D eigenvalue weighted by atomic mass is 16.4. The number of carboxylic acids is 1. The average molecular weight is 143 g/mol. The summed E-state index contributed by atoms with van der Waals surface area (Å²) < 4.78 is 0. The predicted molar refractivity (Wildman–Crippen MR) is 37.6 cm³/mol. The van der Waals surface area contributed by atoms with E-state index in [0.29, 0.717) is 6.42 Å². The Hall–Kier alpha value is -0.570. The molecule has 3 N–H and O–H groups in total. The van der Waals surface area contributed by atoms with Gasteiger partial charge in [-0.25, -0.2) is 0 Å². The van der Waals surface area contributed by atoms with Crippen molar-refractivity contribution in [3.63, 3.8) is 0 Å². The van der Waals surface area contributed by atoms with Gasteiger partial charge in [0.2, 0.25) is 0 Å². The zero-order chi connectivity index (χ0) is 7.78. The Morgan fingerprint density at radius 2 is 2.50 bits per heavy atom. The number of carbonyl (C=O) groups is 1. The van der Waals surface area contributed by atoms with Crippen molar-refractivity contribution in [3.05, 3.63) is 0 Å². The van der Waals surface area contributed by atoms with Gasteiger partial charge in [-0.3, -0.25) is 4.79 Å².